The first-order valence-electron chi connectivity index (χ1n) is 6.83. The Balaban J connectivity index is 1.64. The average Bonchev–Trinajstić information content (AvgIpc) is 3.00. The molecule has 1 saturated carbocycles. The van der Waals surface area contributed by atoms with Gasteiger partial charge in [-0.05, 0) is 18.9 Å². The van der Waals surface area contributed by atoms with Gasteiger partial charge in [0.25, 0.3) is 0 Å². The lowest BCUT2D eigenvalue weighted by Gasteiger charge is -2.14. The standard InChI is InChI=1S/C15H17NO3/c17-14(16-10-5-1-2-6-10)9-13-11-7-3-4-8-12(11)15(18)19-13/h3-4,7-8,10,13H,1-2,5-6,9H2,(H,16,17). The van der Waals surface area contributed by atoms with Crippen LogP contribution in [0.5, 0.6) is 0 Å². The number of carbonyl (C=O) groups excluding carboxylic acids is 2. The first kappa shape index (κ1) is 12.2. The van der Waals surface area contributed by atoms with Crippen molar-refractivity contribution >= 4 is 11.9 Å². The Morgan fingerprint density at radius 1 is 1.26 bits per heavy atom. The van der Waals surface area contributed by atoms with Crippen LogP contribution in [0.4, 0.5) is 0 Å². The molecule has 1 aromatic rings. The summed E-state index contributed by atoms with van der Waals surface area (Å²) in [6, 6.07) is 7.57. The Morgan fingerprint density at radius 3 is 2.79 bits per heavy atom. The number of amides is 1. The molecular formula is C15H17NO3. The van der Waals surface area contributed by atoms with Crippen LogP contribution in [0.3, 0.4) is 0 Å². The zero-order valence-corrected chi connectivity index (χ0v) is 10.7. The fourth-order valence-electron chi connectivity index (χ4n) is 2.90. The molecule has 0 aromatic heterocycles. The topological polar surface area (TPSA) is 55.4 Å². The summed E-state index contributed by atoms with van der Waals surface area (Å²) in [6.45, 7) is 0. The van der Waals surface area contributed by atoms with Crippen molar-refractivity contribution in [1.82, 2.24) is 5.32 Å². The molecule has 0 spiro atoms. The normalized spacial score (nSPS) is 22.1. The molecule has 0 bridgehead atoms. The molecule has 2 aliphatic rings. The molecule has 4 nitrogen and oxygen atoms in total. The Bertz CT molecular complexity index is 506. The van der Waals surface area contributed by atoms with Gasteiger partial charge in [-0.1, -0.05) is 31.0 Å². The van der Waals surface area contributed by atoms with Crippen LogP contribution >= 0.6 is 0 Å². The molecule has 1 N–H and O–H groups in total. The summed E-state index contributed by atoms with van der Waals surface area (Å²) in [5, 5.41) is 3.02. The van der Waals surface area contributed by atoms with Gasteiger partial charge < -0.3 is 10.1 Å². The Hall–Kier alpha value is -1.84. The number of rotatable bonds is 3. The van der Waals surface area contributed by atoms with Gasteiger partial charge in [-0.25, -0.2) is 4.79 Å². The molecule has 1 fully saturated rings. The summed E-state index contributed by atoms with van der Waals surface area (Å²) in [7, 11) is 0. The summed E-state index contributed by atoms with van der Waals surface area (Å²) in [5.41, 5.74) is 1.41. The number of nitrogens with one attached hydrogen (secondary N) is 1. The van der Waals surface area contributed by atoms with Gasteiger partial charge in [-0.15, -0.1) is 0 Å². The molecule has 1 aromatic carbocycles. The zero-order valence-electron chi connectivity index (χ0n) is 10.7. The van der Waals surface area contributed by atoms with Crippen LogP contribution in [0.25, 0.3) is 0 Å². The lowest BCUT2D eigenvalue weighted by atomic mass is 10.0. The van der Waals surface area contributed by atoms with Crippen LogP contribution in [0.2, 0.25) is 0 Å². The van der Waals surface area contributed by atoms with Gasteiger partial charge in [-0.3, -0.25) is 4.79 Å². The van der Waals surface area contributed by atoms with Gasteiger partial charge >= 0.3 is 5.97 Å². The van der Waals surface area contributed by atoms with E-state index < -0.39 is 6.10 Å². The van der Waals surface area contributed by atoms with Crippen molar-refractivity contribution in [1.29, 1.82) is 0 Å². The number of esters is 1. The summed E-state index contributed by atoms with van der Waals surface area (Å²) in [6.07, 6.45) is 4.29. The van der Waals surface area contributed by atoms with Crippen molar-refractivity contribution in [2.24, 2.45) is 0 Å². The van der Waals surface area contributed by atoms with E-state index in [-0.39, 0.29) is 18.3 Å². The van der Waals surface area contributed by atoms with E-state index >= 15 is 0 Å². The van der Waals surface area contributed by atoms with Crippen LogP contribution in [0.15, 0.2) is 24.3 Å². The van der Waals surface area contributed by atoms with Crippen LogP contribution in [-0.4, -0.2) is 17.9 Å². The van der Waals surface area contributed by atoms with E-state index in [0.717, 1.165) is 18.4 Å². The minimum absolute atomic E-state index is 0.0265. The van der Waals surface area contributed by atoms with Crippen molar-refractivity contribution in [2.45, 2.75) is 44.2 Å². The van der Waals surface area contributed by atoms with E-state index in [0.29, 0.717) is 11.6 Å². The van der Waals surface area contributed by atoms with Gasteiger partial charge in [0.15, 0.2) is 0 Å². The SMILES string of the molecule is O=C(CC1OC(=O)c2ccccc21)NC1CCCC1. The Labute approximate surface area is 112 Å². The molecular weight excluding hydrogens is 242 g/mol. The van der Waals surface area contributed by atoms with Gasteiger partial charge in [0.05, 0.1) is 12.0 Å². The molecule has 0 saturated heterocycles. The fourth-order valence-corrected chi connectivity index (χ4v) is 2.90. The lowest BCUT2D eigenvalue weighted by molar-refractivity contribution is -0.123. The van der Waals surface area contributed by atoms with Crippen molar-refractivity contribution in [3.05, 3.63) is 35.4 Å². The third kappa shape index (κ3) is 2.48. The quantitative estimate of drug-likeness (QED) is 0.848. The predicted octanol–water partition coefficient (Wildman–Crippen LogP) is 2.35. The average molecular weight is 259 g/mol. The highest BCUT2D eigenvalue weighted by Gasteiger charge is 2.32. The summed E-state index contributed by atoms with van der Waals surface area (Å²) >= 11 is 0. The van der Waals surface area contributed by atoms with Crippen LogP contribution in [0.1, 0.15) is 54.1 Å². The number of cyclic esters (lactones) is 1. The molecule has 1 unspecified atom stereocenters. The van der Waals surface area contributed by atoms with E-state index in [4.69, 9.17) is 4.74 Å². The van der Waals surface area contributed by atoms with E-state index in [1.54, 1.807) is 12.1 Å². The highest BCUT2D eigenvalue weighted by Crippen LogP contribution is 2.32. The molecule has 4 heteroatoms. The summed E-state index contributed by atoms with van der Waals surface area (Å²) in [4.78, 5) is 23.6. The largest absolute Gasteiger partial charge is 0.453 e. The van der Waals surface area contributed by atoms with E-state index in [1.165, 1.54) is 12.8 Å². The number of fused-ring (bicyclic) bond motifs is 1. The second-order valence-corrected chi connectivity index (χ2v) is 5.23. The van der Waals surface area contributed by atoms with E-state index in [2.05, 4.69) is 5.32 Å². The maximum Gasteiger partial charge on any atom is 0.339 e. The molecule has 1 atom stereocenters. The van der Waals surface area contributed by atoms with E-state index in [1.807, 2.05) is 12.1 Å². The maximum absolute atomic E-state index is 12.0. The minimum Gasteiger partial charge on any atom is -0.453 e. The van der Waals surface area contributed by atoms with Crippen molar-refractivity contribution in [3.63, 3.8) is 0 Å². The molecule has 19 heavy (non-hydrogen) atoms. The van der Waals surface area contributed by atoms with Crippen LogP contribution in [-0.2, 0) is 9.53 Å². The zero-order chi connectivity index (χ0) is 13.2. The van der Waals surface area contributed by atoms with Crippen LogP contribution in [0, 0.1) is 0 Å². The summed E-state index contributed by atoms with van der Waals surface area (Å²) < 4.78 is 5.27. The van der Waals surface area contributed by atoms with Crippen molar-refractivity contribution < 1.29 is 14.3 Å². The van der Waals surface area contributed by atoms with Crippen LogP contribution < -0.4 is 5.32 Å². The monoisotopic (exact) mass is 259 g/mol. The number of hydrogen-bond donors (Lipinski definition) is 1. The third-order valence-electron chi connectivity index (χ3n) is 3.87. The van der Waals surface area contributed by atoms with Crippen molar-refractivity contribution in [2.75, 3.05) is 0 Å². The second kappa shape index (κ2) is 5.03. The lowest BCUT2D eigenvalue weighted by Crippen LogP contribution is -2.33. The molecule has 3 rings (SSSR count). The number of hydrogen-bond acceptors (Lipinski definition) is 3. The molecule has 1 aliphatic heterocycles. The third-order valence-corrected chi connectivity index (χ3v) is 3.87. The molecule has 1 aliphatic carbocycles. The maximum atomic E-state index is 12.0. The number of carbonyl (C=O) groups is 2. The second-order valence-electron chi connectivity index (χ2n) is 5.23. The van der Waals surface area contributed by atoms with Gasteiger partial charge in [0, 0.05) is 11.6 Å². The fraction of sp³-hybridized carbons (Fsp3) is 0.467. The summed E-state index contributed by atoms with van der Waals surface area (Å²) in [5.74, 6) is -0.351. The molecule has 0 radical (unpaired) electrons. The van der Waals surface area contributed by atoms with Gasteiger partial charge in [-0.2, -0.15) is 0 Å². The smallest absolute Gasteiger partial charge is 0.339 e. The highest BCUT2D eigenvalue weighted by molar-refractivity contribution is 5.94. The Kier molecular flexibility index (Phi) is 3.23. The first-order valence-corrected chi connectivity index (χ1v) is 6.83. The predicted molar refractivity (Wildman–Crippen MR) is 69.6 cm³/mol. The molecule has 1 heterocycles. The minimum atomic E-state index is -0.426. The van der Waals surface area contributed by atoms with Gasteiger partial charge in [0.1, 0.15) is 6.10 Å². The Morgan fingerprint density at radius 2 is 2.00 bits per heavy atom. The number of benzene rings is 1. The molecule has 100 valence electrons. The molecule has 1 amide bonds. The highest BCUT2D eigenvalue weighted by atomic mass is 16.5. The van der Waals surface area contributed by atoms with E-state index in [9.17, 15) is 9.59 Å². The first-order chi connectivity index (χ1) is 9.24. The van der Waals surface area contributed by atoms with Gasteiger partial charge in [0.2, 0.25) is 5.91 Å². The number of ether oxygens (including phenoxy) is 1. The van der Waals surface area contributed by atoms with Crippen molar-refractivity contribution in [3.8, 4) is 0 Å².